The summed E-state index contributed by atoms with van der Waals surface area (Å²) in [6.07, 6.45) is 5.20. The third-order valence-corrected chi connectivity index (χ3v) is 2.23. The Morgan fingerprint density at radius 2 is 2.19 bits per heavy atom. The molecule has 3 heteroatoms. The Hall–Kier alpha value is -2.03. The lowest BCUT2D eigenvalue weighted by molar-refractivity contribution is 0.272. The Labute approximate surface area is 94.0 Å². The third kappa shape index (κ3) is 2.31. The molecule has 1 aromatic carbocycles. The van der Waals surface area contributed by atoms with Crippen molar-refractivity contribution in [3.63, 3.8) is 0 Å². The van der Waals surface area contributed by atoms with Crippen molar-refractivity contribution in [3.8, 4) is 5.75 Å². The van der Waals surface area contributed by atoms with Gasteiger partial charge in [-0.15, -0.1) is 0 Å². The molecule has 0 bridgehead atoms. The highest BCUT2D eigenvalue weighted by Gasteiger charge is 1.96. The van der Waals surface area contributed by atoms with Crippen LogP contribution in [-0.2, 0) is 4.74 Å². The van der Waals surface area contributed by atoms with Crippen LogP contribution in [0.3, 0.4) is 0 Å². The van der Waals surface area contributed by atoms with E-state index in [4.69, 9.17) is 4.74 Å². The zero-order valence-corrected chi connectivity index (χ0v) is 9.05. The minimum atomic E-state index is 0.262. The second-order valence-corrected chi connectivity index (χ2v) is 3.40. The van der Waals surface area contributed by atoms with Gasteiger partial charge in [0.1, 0.15) is 5.75 Å². The van der Waals surface area contributed by atoms with Gasteiger partial charge in [-0.2, -0.15) is 0 Å². The summed E-state index contributed by atoms with van der Waals surface area (Å²) < 4.78 is 5.10. The summed E-state index contributed by atoms with van der Waals surface area (Å²) in [5.41, 5.74) is 0.812. The molecule has 3 nitrogen and oxygen atoms in total. The van der Waals surface area contributed by atoms with Gasteiger partial charge in [0.15, 0.2) is 0 Å². The predicted octanol–water partition coefficient (Wildman–Crippen LogP) is 2.95. The van der Waals surface area contributed by atoms with E-state index in [1.807, 2.05) is 19.1 Å². The number of hydrogen-bond donors (Lipinski definition) is 1. The normalized spacial score (nSPS) is 11.1. The molecule has 0 unspecified atom stereocenters. The lowest BCUT2D eigenvalue weighted by Gasteiger charge is -2.00. The monoisotopic (exact) mass is 215 g/mol. The number of aromatic hydroxyl groups is 1. The number of aromatic nitrogens is 1. The molecule has 0 aliphatic heterocycles. The number of fused-ring (bicyclic) bond motifs is 1. The van der Waals surface area contributed by atoms with Crippen molar-refractivity contribution in [1.82, 2.24) is 4.98 Å². The molecular formula is C13H13NO2. The fourth-order valence-corrected chi connectivity index (χ4v) is 1.45. The van der Waals surface area contributed by atoms with Crippen molar-refractivity contribution >= 4 is 16.8 Å². The summed E-state index contributed by atoms with van der Waals surface area (Å²) in [5, 5.41) is 11.3. The van der Waals surface area contributed by atoms with E-state index in [1.165, 1.54) is 0 Å². The molecule has 0 radical (unpaired) electrons. The minimum absolute atomic E-state index is 0.262. The van der Waals surface area contributed by atoms with Crippen LogP contribution in [0, 0.1) is 0 Å². The highest BCUT2D eigenvalue weighted by molar-refractivity contribution is 5.84. The zero-order chi connectivity index (χ0) is 11.4. The zero-order valence-electron chi connectivity index (χ0n) is 9.05. The molecule has 0 saturated heterocycles. The van der Waals surface area contributed by atoms with Crippen LogP contribution in [0.2, 0.25) is 0 Å². The number of phenols is 1. The van der Waals surface area contributed by atoms with Crippen molar-refractivity contribution in [2.45, 2.75) is 6.92 Å². The molecule has 0 atom stereocenters. The number of phenolic OH excluding ortho intramolecular Hbond substituents is 1. The maximum atomic E-state index is 9.37. The van der Waals surface area contributed by atoms with E-state index in [0.717, 1.165) is 16.5 Å². The van der Waals surface area contributed by atoms with Crippen molar-refractivity contribution in [2.24, 2.45) is 0 Å². The topological polar surface area (TPSA) is 42.4 Å². The third-order valence-electron chi connectivity index (χ3n) is 2.23. The van der Waals surface area contributed by atoms with E-state index >= 15 is 0 Å². The van der Waals surface area contributed by atoms with E-state index in [1.54, 1.807) is 30.7 Å². The lowest BCUT2D eigenvalue weighted by atomic mass is 10.1. The summed E-state index contributed by atoms with van der Waals surface area (Å²) in [6.45, 7) is 2.57. The van der Waals surface area contributed by atoms with E-state index in [-0.39, 0.29) is 5.75 Å². The smallest absolute Gasteiger partial charge is 0.116 e. The Morgan fingerprint density at radius 1 is 1.31 bits per heavy atom. The van der Waals surface area contributed by atoms with Crippen LogP contribution in [0.1, 0.15) is 12.6 Å². The van der Waals surface area contributed by atoms with Crippen LogP contribution < -0.4 is 0 Å². The lowest BCUT2D eigenvalue weighted by Crippen LogP contribution is -1.83. The molecule has 2 aromatic rings. The predicted molar refractivity (Wildman–Crippen MR) is 64.1 cm³/mol. The average Bonchev–Trinajstić information content (AvgIpc) is 2.29. The van der Waals surface area contributed by atoms with Crippen molar-refractivity contribution in [1.29, 1.82) is 0 Å². The van der Waals surface area contributed by atoms with Gasteiger partial charge in [-0.1, -0.05) is 0 Å². The van der Waals surface area contributed by atoms with Gasteiger partial charge in [0.05, 0.1) is 18.6 Å². The van der Waals surface area contributed by atoms with E-state index in [2.05, 4.69) is 4.98 Å². The molecule has 0 fully saturated rings. The van der Waals surface area contributed by atoms with Gasteiger partial charge in [-0.05, 0) is 42.7 Å². The van der Waals surface area contributed by atoms with Gasteiger partial charge in [-0.25, -0.2) is 0 Å². The van der Waals surface area contributed by atoms with Crippen LogP contribution in [0.15, 0.2) is 36.7 Å². The standard InChI is InChI=1S/C13H13NO2/c1-2-16-6-5-12-7-11-8-13(15)4-3-10(11)9-14-12/h3-9,15H,2H2,1H3. The first-order valence-corrected chi connectivity index (χ1v) is 5.16. The number of pyridine rings is 1. The van der Waals surface area contributed by atoms with E-state index in [9.17, 15) is 5.11 Å². The second kappa shape index (κ2) is 4.66. The number of benzene rings is 1. The van der Waals surface area contributed by atoms with Crippen LogP contribution in [0.5, 0.6) is 5.75 Å². The van der Waals surface area contributed by atoms with E-state index in [0.29, 0.717) is 6.61 Å². The summed E-state index contributed by atoms with van der Waals surface area (Å²) in [7, 11) is 0. The first-order chi connectivity index (χ1) is 7.79. The maximum Gasteiger partial charge on any atom is 0.116 e. The fourth-order valence-electron chi connectivity index (χ4n) is 1.45. The molecule has 0 amide bonds. The van der Waals surface area contributed by atoms with Gasteiger partial charge in [0.25, 0.3) is 0 Å². The molecule has 2 rings (SSSR count). The molecule has 1 aromatic heterocycles. The van der Waals surface area contributed by atoms with E-state index < -0.39 is 0 Å². The summed E-state index contributed by atoms with van der Waals surface area (Å²) in [4.78, 5) is 4.26. The molecule has 82 valence electrons. The molecule has 0 spiro atoms. The Morgan fingerprint density at radius 3 is 3.00 bits per heavy atom. The van der Waals surface area contributed by atoms with Crippen LogP contribution in [0.4, 0.5) is 0 Å². The highest BCUT2D eigenvalue weighted by Crippen LogP contribution is 2.20. The Balaban J connectivity index is 2.35. The molecular weight excluding hydrogens is 202 g/mol. The number of rotatable bonds is 3. The summed E-state index contributed by atoms with van der Waals surface area (Å²) in [6, 6.07) is 7.12. The molecule has 0 aliphatic rings. The average molecular weight is 215 g/mol. The quantitative estimate of drug-likeness (QED) is 0.800. The summed E-state index contributed by atoms with van der Waals surface area (Å²) in [5.74, 6) is 0.262. The molecule has 1 N–H and O–H groups in total. The fraction of sp³-hybridized carbons (Fsp3) is 0.154. The van der Waals surface area contributed by atoms with Crippen LogP contribution in [-0.4, -0.2) is 16.7 Å². The first kappa shape index (κ1) is 10.5. The second-order valence-electron chi connectivity index (χ2n) is 3.40. The number of ether oxygens (including phenoxy) is 1. The van der Waals surface area contributed by atoms with Gasteiger partial charge >= 0.3 is 0 Å². The SMILES string of the molecule is CCOC=Cc1cc2cc(O)ccc2cn1. The molecule has 16 heavy (non-hydrogen) atoms. The molecule has 0 aliphatic carbocycles. The van der Waals surface area contributed by atoms with Gasteiger partial charge < -0.3 is 9.84 Å². The summed E-state index contributed by atoms with van der Waals surface area (Å²) >= 11 is 0. The molecule has 0 saturated carbocycles. The minimum Gasteiger partial charge on any atom is -0.508 e. The van der Waals surface area contributed by atoms with Gasteiger partial charge in [0, 0.05) is 11.6 Å². The van der Waals surface area contributed by atoms with Crippen LogP contribution in [0.25, 0.3) is 16.8 Å². The largest absolute Gasteiger partial charge is 0.508 e. The molecule has 1 heterocycles. The number of hydrogen-bond acceptors (Lipinski definition) is 3. The van der Waals surface area contributed by atoms with Gasteiger partial charge in [-0.3, -0.25) is 4.98 Å². The Bertz CT molecular complexity index is 520. The van der Waals surface area contributed by atoms with Gasteiger partial charge in [0.2, 0.25) is 0 Å². The van der Waals surface area contributed by atoms with Crippen LogP contribution >= 0.6 is 0 Å². The maximum absolute atomic E-state index is 9.37. The van der Waals surface area contributed by atoms with Crippen molar-refractivity contribution in [3.05, 3.63) is 42.4 Å². The number of nitrogens with zero attached hydrogens (tertiary/aromatic N) is 1. The first-order valence-electron chi connectivity index (χ1n) is 5.16. The van der Waals surface area contributed by atoms with Crippen molar-refractivity contribution in [2.75, 3.05) is 6.61 Å². The van der Waals surface area contributed by atoms with Crippen molar-refractivity contribution < 1.29 is 9.84 Å². The highest BCUT2D eigenvalue weighted by atomic mass is 16.5. The Kier molecular flexibility index (Phi) is 3.05.